The lowest BCUT2D eigenvalue weighted by molar-refractivity contribution is -0.143. The monoisotopic (exact) mass is 1030 g/mol. The number of rotatable bonds is 63. The SMILES string of the molecule is CCCCCCCCCCCCCCCCC/C=C/C(O)C(CO)NC(=O)CCCCCCCCCCCCCCCCCCCCCCCCCCCCCCOC(=O)CCCCCCCCCCCCC. The predicted molar refractivity (Wildman–Crippen MR) is 320 cm³/mol. The normalized spacial score (nSPS) is 12.5. The zero-order chi connectivity index (χ0) is 52.9. The maximum absolute atomic E-state index is 12.5. The highest BCUT2D eigenvalue weighted by atomic mass is 16.5. The van der Waals surface area contributed by atoms with E-state index in [9.17, 15) is 19.8 Å². The van der Waals surface area contributed by atoms with Gasteiger partial charge in [0.15, 0.2) is 0 Å². The first kappa shape index (κ1) is 71.6. The van der Waals surface area contributed by atoms with Gasteiger partial charge < -0.3 is 20.3 Å². The smallest absolute Gasteiger partial charge is 0.305 e. The first-order valence-corrected chi connectivity index (χ1v) is 33.5. The number of hydrogen-bond donors (Lipinski definition) is 3. The van der Waals surface area contributed by atoms with Crippen molar-refractivity contribution in [1.29, 1.82) is 0 Å². The second-order valence-electron chi connectivity index (χ2n) is 23.2. The Bertz CT molecular complexity index is 1100. The molecule has 0 aromatic carbocycles. The molecule has 0 aliphatic rings. The zero-order valence-electron chi connectivity index (χ0n) is 49.6. The minimum Gasteiger partial charge on any atom is -0.466 e. The van der Waals surface area contributed by atoms with Crippen molar-refractivity contribution in [3.05, 3.63) is 12.2 Å². The molecule has 2 unspecified atom stereocenters. The number of carbonyl (C=O) groups excluding carboxylic acids is 2. The van der Waals surface area contributed by atoms with Gasteiger partial charge >= 0.3 is 5.97 Å². The molecule has 0 aliphatic heterocycles. The highest BCUT2D eigenvalue weighted by Gasteiger charge is 2.18. The molecule has 0 fully saturated rings. The lowest BCUT2D eigenvalue weighted by atomic mass is 10.0. The van der Waals surface area contributed by atoms with Gasteiger partial charge in [-0.3, -0.25) is 9.59 Å². The summed E-state index contributed by atoms with van der Waals surface area (Å²) in [5.74, 6) is -0.0426. The van der Waals surface area contributed by atoms with Crippen molar-refractivity contribution in [2.45, 2.75) is 392 Å². The zero-order valence-corrected chi connectivity index (χ0v) is 49.6. The largest absolute Gasteiger partial charge is 0.466 e. The van der Waals surface area contributed by atoms with Crippen LogP contribution in [0.4, 0.5) is 0 Å². The third-order valence-corrected chi connectivity index (χ3v) is 15.8. The van der Waals surface area contributed by atoms with E-state index in [-0.39, 0.29) is 18.5 Å². The van der Waals surface area contributed by atoms with E-state index in [0.29, 0.717) is 19.4 Å². The second kappa shape index (κ2) is 63.1. The first-order valence-electron chi connectivity index (χ1n) is 33.5. The minimum absolute atomic E-state index is 0.0188. The van der Waals surface area contributed by atoms with E-state index in [1.807, 2.05) is 6.08 Å². The summed E-state index contributed by atoms with van der Waals surface area (Å²) >= 11 is 0. The first-order chi connectivity index (χ1) is 36.0. The number of allylic oxidation sites excluding steroid dienone is 1. The average molecular weight is 1030 g/mol. The molecule has 0 heterocycles. The van der Waals surface area contributed by atoms with E-state index in [4.69, 9.17) is 4.74 Å². The summed E-state index contributed by atoms with van der Waals surface area (Å²) in [5.41, 5.74) is 0. The number of amides is 1. The van der Waals surface area contributed by atoms with E-state index in [1.54, 1.807) is 6.08 Å². The van der Waals surface area contributed by atoms with Crippen molar-refractivity contribution in [3.8, 4) is 0 Å². The van der Waals surface area contributed by atoms with Crippen LogP contribution in [0.5, 0.6) is 0 Å². The Morgan fingerprint density at radius 2 is 0.630 bits per heavy atom. The van der Waals surface area contributed by atoms with Crippen molar-refractivity contribution in [1.82, 2.24) is 5.32 Å². The van der Waals surface area contributed by atoms with Crippen LogP contribution in [0.15, 0.2) is 12.2 Å². The number of unbranched alkanes of at least 4 members (excludes halogenated alkanes) is 52. The van der Waals surface area contributed by atoms with E-state index in [0.717, 1.165) is 38.5 Å². The molecule has 0 rings (SSSR count). The molecule has 0 aromatic heterocycles. The van der Waals surface area contributed by atoms with Crippen LogP contribution < -0.4 is 5.32 Å². The molecule has 3 N–H and O–H groups in total. The molecular weight excluding hydrogens is 899 g/mol. The molecule has 73 heavy (non-hydrogen) atoms. The van der Waals surface area contributed by atoms with Crippen LogP contribution in [0.1, 0.15) is 380 Å². The van der Waals surface area contributed by atoms with Crippen LogP contribution in [0.3, 0.4) is 0 Å². The van der Waals surface area contributed by atoms with Gasteiger partial charge in [0.25, 0.3) is 0 Å². The highest BCUT2D eigenvalue weighted by molar-refractivity contribution is 5.76. The summed E-state index contributed by atoms with van der Waals surface area (Å²) in [5, 5.41) is 23.2. The lowest BCUT2D eigenvalue weighted by Gasteiger charge is -2.20. The number of hydrogen-bond acceptors (Lipinski definition) is 5. The van der Waals surface area contributed by atoms with Crippen molar-refractivity contribution < 1.29 is 24.5 Å². The van der Waals surface area contributed by atoms with E-state index in [1.165, 1.54) is 315 Å². The summed E-state index contributed by atoms with van der Waals surface area (Å²) < 4.78 is 5.47. The summed E-state index contributed by atoms with van der Waals surface area (Å²) in [6.07, 6.45) is 77.1. The summed E-state index contributed by atoms with van der Waals surface area (Å²) in [6.45, 7) is 4.94. The van der Waals surface area contributed by atoms with Crippen molar-refractivity contribution in [2.24, 2.45) is 0 Å². The van der Waals surface area contributed by atoms with Crippen LogP contribution >= 0.6 is 0 Å². The molecule has 6 heteroatoms. The van der Waals surface area contributed by atoms with Crippen LogP contribution in [0.25, 0.3) is 0 Å². The summed E-state index contributed by atoms with van der Waals surface area (Å²) in [7, 11) is 0. The Morgan fingerprint density at radius 3 is 0.932 bits per heavy atom. The Morgan fingerprint density at radius 1 is 0.370 bits per heavy atom. The van der Waals surface area contributed by atoms with Gasteiger partial charge in [-0.2, -0.15) is 0 Å². The number of aliphatic hydroxyl groups is 2. The molecule has 434 valence electrons. The molecule has 0 spiro atoms. The van der Waals surface area contributed by atoms with Gasteiger partial charge in [0.05, 0.1) is 25.4 Å². The number of carbonyl (C=O) groups is 2. The maximum Gasteiger partial charge on any atom is 0.305 e. The third-order valence-electron chi connectivity index (χ3n) is 15.8. The Kier molecular flexibility index (Phi) is 61.9. The molecule has 0 aromatic rings. The van der Waals surface area contributed by atoms with Gasteiger partial charge in [0, 0.05) is 12.8 Å². The van der Waals surface area contributed by atoms with Crippen LogP contribution in [-0.2, 0) is 14.3 Å². The average Bonchev–Trinajstić information content (AvgIpc) is 3.39. The molecule has 6 nitrogen and oxygen atoms in total. The van der Waals surface area contributed by atoms with Gasteiger partial charge in [0.2, 0.25) is 5.91 Å². The fourth-order valence-electron chi connectivity index (χ4n) is 10.7. The molecule has 1 amide bonds. The molecule has 0 saturated carbocycles. The third kappa shape index (κ3) is 59.7. The Labute approximate surface area is 457 Å². The second-order valence-corrected chi connectivity index (χ2v) is 23.2. The topological polar surface area (TPSA) is 95.9 Å². The fraction of sp³-hybridized carbons (Fsp3) is 0.940. The van der Waals surface area contributed by atoms with E-state index in [2.05, 4.69) is 19.2 Å². The molecule has 2 atom stereocenters. The van der Waals surface area contributed by atoms with Gasteiger partial charge in [0.1, 0.15) is 0 Å². The van der Waals surface area contributed by atoms with Crippen molar-refractivity contribution >= 4 is 11.9 Å². The predicted octanol–water partition coefficient (Wildman–Crippen LogP) is 21.2. The van der Waals surface area contributed by atoms with Crippen molar-refractivity contribution in [2.75, 3.05) is 13.2 Å². The van der Waals surface area contributed by atoms with Gasteiger partial charge in [-0.05, 0) is 32.1 Å². The Balaban J connectivity index is 3.36. The number of nitrogens with one attached hydrogen (secondary N) is 1. The van der Waals surface area contributed by atoms with E-state index >= 15 is 0 Å². The van der Waals surface area contributed by atoms with Gasteiger partial charge in [-0.1, -0.05) is 347 Å². The summed E-state index contributed by atoms with van der Waals surface area (Å²) in [6, 6.07) is -0.625. The van der Waals surface area contributed by atoms with Crippen LogP contribution in [0, 0.1) is 0 Å². The number of ether oxygens (including phenoxy) is 1. The fourth-order valence-corrected chi connectivity index (χ4v) is 10.7. The van der Waals surface area contributed by atoms with Gasteiger partial charge in [-0.25, -0.2) is 0 Å². The van der Waals surface area contributed by atoms with Crippen LogP contribution in [0.2, 0.25) is 0 Å². The lowest BCUT2D eigenvalue weighted by Crippen LogP contribution is -2.45. The van der Waals surface area contributed by atoms with Gasteiger partial charge in [-0.15, -0.1) is 0 Å². The Hall–Kier alpha value is -1.40. The summed E-state index contributed by atoms with van der Waals surface area (Å²) in [4.78, 5) is 24.5. The number of aliphatic hydroxyl groups excluding tert-OH is 2. The standard InChI is InChI=1S/C67H131NO5/c1-3-5-7-9-11-13-15-16-17-30-33-36-40-43-47-51-55-59-65(70)64(63-69)68-66(71)60-56-52-48-44-41-37-34-31-28-26-24-22-20-18-19-21-23-25-27-29-32-35-38-42-46-50-54-58-62-73-67(72)61-57-53-49-45-39-14-12-10-8-6-4-2/h55,59,64-65,69-70H,3-54,56-58,60-63H2,1-2H3,(H,68,71)/b59-55+. The quantitative estimate of drug-likeness (QED) is 0.0320. The maximum atomic E-state index is 12.5. The van der Waals surface area contributed by atoms with E-state index < -0.39 is 12.1 Å². The minimum atomic E-state index is -0.841. The van der Waals surface area contributed by atoms with Crippen molar-refractivity contribution in [3.63, 3.8) is 0 Å². The molecular formula is C67H131NO5. The number of esters is 1. The molecule has 0 radical (unpaired) electrons. The highest BCUT2D eigenvalue weighted by Crippen LogP contribution is 2.19. The molecule has 0 aliphatic carbocycles. The molecule has 0 saturated heterocycles. The molecule has 0 bridgehead atoms. The van der Waals surface area contributed by atoms with Crippen LogP contribution in [-0.4, -0.2) is 47.4 Å².